The Kier molecular flexibility index (Phi) is 1.98. The van der Waals surface area contributed by atoms with Crippen molar-refractivity contribution in [2.45, 2.75) is 0 Å². The number of para-hydroxylation sites is 1. The van der Waals surface area contributed by atoms with E-state index in [0.29, 0.717) is 5.82 Å². The van der Waals surface area contributed by atoms with Gasteiger partial charge in [0, 0.05) is 5.56 Å². The molecule has 14 heavy (non-hydrogen) atoms. The molecule has 0 aromatic heterocycles. The summed E-state index contributed by atoms with van der Waals surface area (Å²) in [6.07, 6.45) is 1.80. The maximum Gasteiger partial charge on any atom is 0.192 e. The van der Waals surface area contributed by atoms with Gasteiger partial charge in [0.25, 0.3) is 0 Å². The van der Waals surface area contributed by atoms with E-state index in [1.807, 2.05) is 24.3 Å². The highest BCUT2D eigenvalue weighted by atomic mass is 16.6. The number of hydrogen-bond donors (Lipinski definition) is 3. The van der Waals surface area contributed by atoms with E-state index in [-0.39, 0.29) is 5.96 Å². The number of nitrogens with zero attached hydrogens (tertiary/aromatic N) is 1. The Morgan fingerprint density at radius 3 is 2.86 bits per heavy atom. The van der Waals surface area contributed by atoms with Gasteiger partial charge in [-0.05, 0) is 12.1 Å². The number of guanidine groups is 1. The molecule has 5 nitrogen and oxygen atoms in total. The van der Waals surface area contributed by atoms with Crippen LogP contribution in [0.2, 0.25) is 0 Å². The molecule has 1 aromatic rings. The first kappa shape index (κ1) is 8.43. The lowest BCUT2D eigenvalue weighted by Crippen LogP contribution is -2.27. The number of aliphatic imine (C=N–C) groups is 1. The molecule has 0 atom stereocenters. The Balaban J connectivity index is 2.36. The number of benzene rings is 1. The summed E-state index contributed by atoms with van der Waals surface area (Å²) in [6.45, 7) is 0. The number of hydrogen-bond acceptors (Lipinski definition) is 3. The van der Waals surface area contributed by atoms with Crippen molar-refractivity contribution >= 4 is 12.0 Å². The van der Waals surface area contributed by atoms with Gasteiger partial charge in [0.2, 0.25) is 0 Å². The molecule has 5 heteroatoms. The van der Waals surface area contributed by atoms with Gasteiger partial charge in [-0.15, -0.1) is 0 Å². The van der Waals surface area contributed by atoms with Gasteiger partial charge in [0.1, 0.15) is 0 Å². The van der Waals surface area contributed by atoms with E-state index < -0.39 is 0 Å². The number of fused-ring (bicyclic) bond motifs is 1. The Hall–Kier alpha value is -2.17. The predicted octanol–water partition coefficient (Wildman–Crippen LogP) is 0.155. The highest BCUT2D eigenvalue weighted by Crippen LogP contribution is 2.23. The molecule has 0 radical (unpaired) electrons. The lowest BCUT2D eigenvalue weighted by atomic mass is 10.2. The Labute approximate surface area is 81.0 Å². The standard InChI is InChI=1S/C9H10N4O/c10-9(11)12-8-5-6-3-1-2-4-7(6)14-13-8/h1-5,13H,(H4,10,11,12). The monoisotopic (exact) mass is 190 g/mol. The molecule has 5 N–H and O–H groups in total. The van der Waals surface area contributed by atoms with E-state index in [1.54, 1.807) is 6.08 Å². The summed E-state index contributed by atoms with van der Waals surface area (Å²) < 4.78 is 0. The normalized spacial score (nSPS) is 13.0. The smallest absolute Gasteiger partial charge is 0.192 e. The van der Waals surface area contributed by atoms with E-state index in [0.717, 1.165) is 11.3 Å². The van der Waals surface area contributed by atoms with Crippen molar-refractivity contribution in [2.75, 3.05) is 0 Å². The van der Waals surface area contributed by atoms with Crippen molar-refractivity contribution < 1.29 is 4.84 Å². The van der Waals surface area contributed by atoms with Crippen LogP contribution in [0.3, 0.4) is 0 Å². The summed E-state index contributed by atoms with van der Waals surface area (Å²) in [4.78, 5) is 9.03. The van der Waals surface area contributed by atoms with Crippen LogP contribution in [0, 0.1) is 0 Å². The van der Waals surface area contributed by atoms with Gasteiger partial charge in [-0.25, -0.2) is 5.48 Å². The molecular weight excluding hydrogens is 180 g/mol. The lowest BCUT2D eigenvalue weighted by Gasteiger charge is -2.15. The highest BCUT2D eigenvalue weighted by Gasteiger charge is 2.09. The molecule has 1 heterocycles. The third kappa shape index (κ3) is 1.61. The van der Waals surface area contributed by atoms with E-state index in [9.17, 15) is 0 Å². The lowest BCUT2D eigenvalue weighted by molar-refractivity contribution is 0.224. The average Bonchev–Trinajstić information content (AvgIpc) is 2.17. The molecular formula is C9H10N4O. The maximum atomic E-state index is 5.23. The zero-order valence-corrected chi connectivity index (χ0v) is 7.40. The van der Waals surface area contributed by atoms with Crippen LogP contribution in [-0.4, -0.2) is 5.96 Å². The van der Waals surface area contributed by atoms with Gasteiger partial charge >= 0.3 is 0 Å². The topological polar surface area (TPSA) is 85.7 Å². The second-order valence-corrected chi connectivity index (χ2v) is 2.81. The van der Waals surface area contributed by atoms with E-state index in [4.69, 9.17) is 16.3 Å². The number of nitrogens with two attached hydrogens (primary N) is 2. The average molecular weight is 190 g/mol. The second kappa shape index (κ2) is 3.29. The SMILES string of the molecule is NC(N)=NC1=Cc2ccccc2ON1. The molecule has 0 unspecified atom stereocenters. The van der Waals surface area contributed by atoms with Crippen LogP contribution < -0.4 is 21.8 Å². The third-order valence-corrected chi connectivity index (χ3v) is 1.73. The Bertz CT molecular complexity index is 407. The largest absolute Gasteiger partial charge is 0.380 e. The predicted molar refractivity (Wildman–Crippen MR) is 54.0 cm³/mol. The van der Waals surface area contributed by atoms with Crippen molar-refractivity contribution in [3.05, 3.63) is 35.6 Å². The van der Waals surface area contributed by atoms with Crippen molar-refractivity contribution in [1.82, 2.24) is 5.48 Å². The Morgan fingerprint density at radius 2 is 2.07 bits per heavy atom. The zero-order chi connectivity index (χ0) is 9.97. The van der Waals surface area contributed by atoms with Crippen LogP contribution in [-0.2, 0) is 0 Å². The molecule has 72 valence electrons. The number of hydroxylamine groups is 1. The number of nitrogens with one attached hydrogen (secondary N) is 1. The summed E-state index contributed by atoms with van der Waals surface area (Å²) in [5.74, 6) is 1.23. The van der Waals surface area contributed by atoms with Gasteiger partial charge < -0.3 is 16.3 Å². The molecule has 1 aliphatic rings. The molecule has 2 rings (SSSR count). The molecule has 0 amide bonds. The fourth-order valence-corrected chi connectivity index (χ4v) is 1.17. The molecule has 1 aliphatic heterocycles. The van der Waals surface area contributed by atoms with Crippen LogP contribution >= 0.6 is 0 Å². The number of rotatable bonds is 1. The second-order valence-electron chi connectivity index (χ2n) is 2.81. The van der Waals surface area contributed by atoms with Gasteiger partial charge in [0.05, 0.1) is 0 Å². The van der Waals surface area contributed by atoms with Crippen LogP contribution in [0.5, 0.6) is 5.75 Å². The zero-order valence-electron chi connectivity index (χ0n) is 7.40. The molecule has 1 aromatic carbocycles. The Morgan fingerprint density at radius 1 is 1.29 bits per heavy atom. The van der Waals surface area contributed by atoms with Gasteiger partial charge in [-0.3, -0.25) is 0 Å². The fraction of sp³-hybridized carbons (Fsp3) is 0. The van der Waals surface area contributed by atoms with Crippen LogP contribution in [0.15, 0.2) is 35.1 Å². The van der Waals surface area contributed by atoms with Crippen molar-refractivity contribution in [1.29, 1.82) is 0 Å². The van der Waals surface area contributed by atoms with Crippen molar-refractivity contribution in [3.8, 4) is 5.75 Å². The molecule has 0 bridgehead atoms. The minimum atomic E-state index is -0.00766. The first-order chi connectivity index (χ1) is 6.75. The molecule has 0 aliphatic carbocycles. The van der Waals surface area contributed by atoms with Crippen molar-refractivity contribution in [2.24, 2.45) is 16.5 Å². The summed E-state index contributed by atoms with van der Waals surface area (Å²) in [7, 11) is 0. The quantitative estimate of drug-likeness (QED) is 0.435. The fourth-order valence-electron chi connectivity index (χ4n) is 1.17. The molecule has 0 saturated heterocycles. The van der Waals surface area contributed by atoms with E-state index in [2.05, 4.69) is 10.5 Å². The summed E-state index contributed by atoms with van der Waals surface area (Å²) in [5, 5.41) is 0. The highest BCUT2D eigenvalue weighted by molar-refractivity contribution is 5.78. The van der Waals surface area contributed by atoms with Gasteiger partial charge in [0.15, 0.2) is 17.5 Å². The van der Waals surface area contributed by atoms with Crippen molar-refractivity contribution in [3.63, 3.8) is 0 Å². The summed E-state index contributed by atoms with van der Waals surface area (Å²) >= 11 is 0. The third-order valence-electron chi connectivity index (χ3n) is 1.73. The first-order valence-corrected chi connectivity index (χ1v) is 4.09. The first-order valence-electron chi connectivity index (χ1n) is 4.09. The van der Waals surface area contributed by atoms with Crippen LogP contribution in [0.4, 0.5) is 0 Å². The van der Waals surface area contributed by atoms with Gasteiger partial charge in [-0.1, -0.05) is 18.2 Å². The van der Waals surface area contributed by atoms with E-state index in [1.165, 1.54) is 0 Å². The summed E-state index contributed by atoms with van der Waals surface area (Å²) in [6, 6.07) is 7.57. The van der Waals surface area contributed by atoms with Crippen LogP contribution in [0.1, 0.15) is 5.56 Å². The molecule has 0 saturated carbocycles. The van der Waals surface area contributed by atoms with Gasteiger partial charge in [-0.2, -0.15) is 4.99 Å². The molecule has 0 spiro atoms. The van der Waals surface area contributed by atoms with Crippen LogP contribution in [0.25, 0.3) is 6.08 Å². The maximum absolute atomic E-state index is 5.23. The van der Waals surface area contributed by atoms with E-state index >= 15 is 0 Å². The minimum absolute atomic E-state index is 0.00766. The minimum Gasteiger partial charge on any atom is -0.380 e. The molecule has 0 fully saturated rings. The summed E-state index contributed by atoms with van der Waals surface area (Å²) in [5.41, 5.74) is 14.0.